The molecule has 0 bridgehead atoms. The monoisotopic (exact) mass is 321 g/mol. The second kappa shape index (κ2) is 7.09. The molecule has 7 heteroatoms. The summed E-state index contributed by atoms with van der Waals surface area (Å²) in [5, 5.41) is 9.52. The Kier molecular flexibility index (Phi) is 5.16. The number of hydrogen-bond acceptors (Lipinski definition) is 4. The lowest BCUT2D eigenvalue weighted by Gasteiger charge is -2.07. The van der Waals surface area contributed by atoms with Crippen LogP contribution in [0.4, 0.5) is 0 Å². The third kappa shape index (κ3) is 4.08. The zero-order valence-corrected chi connectivity index (χ0v) is 13.0. The minimum atomic E-state index is -0.352. The van der Waals surface area contributed by atoms with Crippen LogP contribution in [0, 0.1) is 13.8 Å². The Morgan fingerprint density at radius 3 is 2.68 bits per heavy atom. The van der Waals surface area contributed by atoms with Gasteiger partial charge < -0.3 is 15.2 Å². The number of carbonyl (C=O) groups excluding carboxylic acids is 2. The van der Waals surface area contributed by atoms with Crippen molar-refractivity contribution in [2.45, 2.75) is 20.4 Å². The Hall–Kier alpha value is -2.34. The van der Waals surface area contributed by atoms with Gasteiger partial charge in [-0.25, -0.2) is 0 Å². The summed E-state index contributed by atoms with van der Waals surface area (Å²) in [5.74, 6) is 0.0196. The first-order chi connectivity index (χ1) is 10.5. The van der Waals surface area contributed by atoms with Gasteiger partial charge in [-0.3, -0.25) is 9.59 Å². The Balaban J connectivity index is 1.82. The van der Waals surface area contributed by atoms with Gasteiger partial charge in [-0.15, -0.1) is 0 Å². The van der Waals surface area contributed by atoms with E-state index >= 15 is 0 Å². The highest BCUT2D eigenvalue weighted by molar-refractivity contribution is 6.30. The van der Waals surface area contributed by atoms with Gasteiger partial charge in [-0.1, -0.05) is 22.8 Å². The standard InChI is InChI=1S/C15H16ClN3O3/c1-9-13(10(2)22-19-9)7-17-14(20)8-18-15(21)11-4-3-5-12(16)6-11/h3-6H,7-8H2,1-2H3,(H,17,20)(H,18,21). The molecule has 0 unspecified atom stereocenters. The number of amides is 2. The van der Waals surface area contributed by atoms with Gasteiger partial charge in [-0.05, 0) is 32.0 Å². The zero-order chi connectivity index (χ0) is 16.1. The van der Waals surface area contributed by atoms with Crippen LogP contribution in [-0.2, 0) is 11.3 Å². The topological polar surface area (TPSA) is 84.2 Å². The molecule has 6 nitrogen and oxygen atoms in total. The lowest BCUT2D eigenvalue weighted by atomic mass is 10.2. The molecule has 0 saturated heterocycles. The first-order valence-electron chi connectivity index (χ1n) is 6.69. The highest BCUT2D eigenvalue weighted by atomic mass is 35.5. The molecule has 0 fully saturated rings. The lowest BCUT2D eigenvalue weighted by Crippen LogP contribution is -2.36. The van der Waals surface area contributed by atoms with E-state index in [0.717, 1.165) is 11.3 Å². The van der Waals surface area contributed by atoms with Gasteiger partial charge in [0, 0.05) is 22.7 Å². The molecular weight excluding hydrogens is 306 g/mol. The fourth-order valence-electron chi connectivity index (χ4n) is 1.90. The predicted molar refractivity (Wildman–Crippen MR) is 81.6 cm³/mol. The maximum absolute atomic E-state index is 11.9. The van der Waals surface area contributed by atoms with Crippen LogP contribution in [-0.4, -0.2) is 23.5 Å². The van der Waals surface area contributed by atoms with Crippen molar-refractivity contribution in [3.8, 4) is 0 Å². The van der Waals surface area contributed by atoms with Crippen LogP contribution < -0.4 is 10.6 Å². The summed E-state index contributed by atoms with van der Waals surface area (Å²) in [6, 6.07) is 6.52. The lowest BCUT2D eigenvalue weighted by molar-refractivity contribution is -0.120. The molecule has 2 rings (SSSR count). The molecule has 116 valence electrons. The van der Waals surface area contributed by atoms with Crippen molar-refractivity contribution >= 4 is 23.4 Å². The molecule has 2 N–H and O–H groups in total. The van der Waals surface area contributed by atoms with Crippen molar-refractivity contribution in [1.82, 2.24) is 15.8 Å². The number of aryl methyl sites for hydroxylation is 2. The van der Waals surface area contributed by atoms with Crippen molar-refractivity contribution in [1.29, 1.82) is 0 Å². The Labute approximate surface area is 132 Å². The number of aromatic nitrogens is 1. The van der Waals surface area contributed by atoms with Gasteiger partial charge >= 0.3 is 0 Å². The van der Waals surface area contributed by atoms with E-state index in [4.69, 9.17) is 16.1 Å². The summed E-state index contributed by atoms with van der Waals surface area (Å²) in [6.45, 7) is 3.78. The second-order valence-electron chi connectivity index (χ2n) is 4.77. The van der Waals surface area contributed by atoms with Gasteiger partial charge in [0.05, 0.1) is 12.2 Å². The molecule has 1 aromatic heterocycles. The number of halogens is 1. The van der Waals surface area contributed by atoms with Gasteiger partial charge in [0.15, 0.2) is 0 Å². The average Bonchev–Trinajstić information content (AvgIpc) is 2.81. The molecule has 1 aromatic carbocycles. The van der Waals surface area contributed by atoms with Crippen LogP contribution in [0.1, 0.15) is 27.4 Å². The van der Waals surface area contributed by atoms with Crippen molar-refractivity contribution in [3.63, 3.8) is 0 Å². The van der Waals surface area contributed by atoms with Gasteiger partial charge in [0.1, 0.15) is 5.76 Å². The third-order valence-corrected chi connectivity index (χ3v) is 3.37. The fourth-order valence-corrected chi connectivity index (χ4v) is 2.09. The molecule has 0 atom stereocenters. The van der Waals surface area contributed by atoms with Gasteiger partial charge in [0.2, 0.25) is 5.91 Å². The smallest absolute Gasteiger partial charge is 0.251 e. The van der Waals surface area contributed by atoms with Crippen LogP contribution in [0.15, 0.2) is 28.8 Å². The van der Waals surface area contributed by atoms with E-state index in [1.165, 1.54) is 0 Å². The van der Waals surface area contributed by atoms with E-state index in [0.29, 0.717) is 22.9 Å². The second-order valence-corrected chi connectivity index (χ2v) is 5.21. The molecule has 0 radical (unpaired) electrons. The minimum Gasteiger partial charge on any atom is -0.361 e. The van der Waals surface area contributed by atoms with Gasteiger partial charge in [0.25, 0.3) is 5.91 Å². The van der Waals surface area contributed by atoms with Gasteiger partial charge in [-0.2, -0.15) is 0 Å². The number of nitrogens with one attached hydrogen (secondary N) is 2. The maximum Gasteiger partial charge on any atom is 0.251 e. The first-order valence-corrected chi connectivity index (χ1v) is 7.07. The summed E-state index contributed by atoms with van der Waals surface area (Å²) in [6.07, 6.45) is 0. The summed E-state index contributed by atoms with van der Waals surface area (Å²) in [4.78, 5) is 23.6. The molecule has 22 heavy (non-hydrogen) atoms. The number of carbonyl (C=O) groups is 2. The number of rotatable bonds is 5. The number of hydrogen-bond donors (Lipinski definition) is 2. The molecule has 2 amide bonds. The number of benzene rings is 1. The third-order valence-electron chi connectivity index (χ3n) is 3.14. The first kappa shape index (κ1) is 16.0. The predicted octanol–water partition coefficient (Wildman–Crippen LogP) is 1.99. The molecule has 0 spiro atoms. The highest BCUT2D eigenvalue weighted by Gasteiger charge is 2.11. The van der Waals surface area contributed by atoms with Crippen LogP contribution in [0.25, 0.3) is 0 Å². The molecule has 0 saturated carbocycles. The van der Waals surface area contributed by atoms with Crippen LogP contribution in [0.5, 0.6) is 0 Å². The molecule has 1 heterocycles. The van der Waals surface area contributed by atoms with E-state index < -0.39 is 0 Å². The maximum atomic E-state index is 11.9. The summed E-state index contributed by atoms with van der Waals surface area (Å²) < 4.78 is 5.01. The van der Waals surface area contributed by atoms with Crippen LogP contribution >= 0.6 is 11.6 Å². The van der Waals surface area contributed by atoms with Crippen molar-refractivity contribution in [2.75, 3.05) is 6.54 Å². The average molecular weight is 322 g/mol. The van der Waals surface area contributed by atoms with E-state index in [9.17, 15) is 9.59 Å². The van der Waals surface area contributed by atoms with Crippen LogP contribution in [0.2, 0.25) is 5.02 Å². The summed E-state index contributed by atoms with van der Waals surface area (Å²) >= 11 is 5.81. The van der Waals surface area contributed by atoms with E-state index in [1.54, 1.807) is 38.1 Å². The Morgan fingerprint density at radius 2 is 2.05 bits per heavy atom. The van der Waals surface area contributed by atoms with Crippen molar-refractivity contribution in [3.05, 3.63) is 51.9 Å². The van der Waals surface area contributed by atoms with E-state index in [2.05, 4.69) is 15.8 Å². The minimum absolute atomic E-state index is 0.116. The Morgan fingerprint density at radius 1 is 1.27 bits per heavy atom. The highest BCUT2D eigenvalue weighted by Crippen LogP contribution is 2.11. The molecular formula is C15H16ClN3O3. The quantitative estimate of drug-likeness (QED) is 0.882. The summed E-state index contributed by atoms with van der Waals surface area (Å²) in [5.41, 5.74) is 1.99. The molecule has 0 aliphatic heterocycles. The van der Waals surface area contributed by atoms with Crippen molar-refractivity contribution in [2.24, 2.45) is 0 Å². The molecule has 0 aliphatic rings. The largest absolute Gasteiger partial charge is 0.361 e. The summed E-state index contributed by atoms with van der Waals surface area (Å²) in [7, 11) is 0. The molecule has 2 aromatic rings. The van der Waals surface area contributed by atoms with E-state index in [1.807, 2.05) is 0 Å². The van der Waals surface area contributed by atoms with Crippen molar-refractivity contribution < 1.29 is 14.1 Å². The van der Waals surface area contributed by atoms with E-state index in [-0.39, 0.29) is 18.4 Å². The normalized spacial score (nSPS) is 10.3. The fraction of sp³-hybridized carbons (Fsp3) is 0.267. The van der Waals surface area contributed by atoms with Crippen LogP contribution in [0.3, 0.4) is 0 Å². The SMILES string of the molecule is Cc1noc(C)c1CNC(=O)CNC(=O)c1cccc(Cl)c1. The number of nitrogens with zero attached hydrogens (tertiary/aromatic N) is 1. The Bertz CT molecular complexity index is 678. The molecule has 0 aliphatic carbocycles. The zero-order valence-electron chi connectivity index (χ0n) is 12.3.